The lowest BCUT2D eigenvalue weighted by atomic mass is 9.86. The Balaban J connectivity index is 1.46. The highest BCUT2D eigenvalue weighted by atomic mass is 19.4. The van der Waals surface area contributed by atoms with Crippen LogP contribution in [0.25, 0.3) is 11.0 Å². The number of aliphatic hydroxyl groups is 1. The fraction of sp³-hybridized carbons (Fsp3) is 0.481. The molecule has 2 aromatic carbocycles. The molecule has 0 spiro atoms. The number of halogens is 3. The fourth-order valence-corrected chi connectivity index (χ4v) is 5.42. The van der Waals surface area contributed by atoms with Crippen LogP contribution >= 0.6 is 0 Å². The Labute approximate surface area is 213 Å². The zero-order valence-electron chi connectivity index (χ0n) is 20.6. The van der Waals surface area contributed by atoms with Crippen LogP contribution in [0, 0.1) is 5.92 Å². The van der Waals surface area contributed by atoms with Crippen molar-refractivity contribution in [1.29, 1.82) is 0 Å². The number of amides is 1. The van der Waals surface area contributed by atoms with Crippen molar-refractivity contribution in [1.82, 2.24) is 19.8 Å². The molecule has 2 aliphatic rings. The predicted octanol–water partition coefficient (Wildman–Crippen LogP) is 4.44. The molecule has 37 heavy (non-hydrogen) atoms. The Morgan fingerprint density at radius 1 is 1.08 bits per heavy atom. The van der Waals surface area contributed by atoms with E-state index in [4.69, 9.17) is 4.98 Å². The van der Waals surface area contributed by atoms with Gasteiger partial charge in [-0.3, -0.25) is 15.0 Å². The number of nitrogens with one attached hydrogen (secondary N) is 2. The standard InChI is InChI=1S/C27H32F3N5O2/c28-27(29,30)21-3-1-2-20(15-21)25(37)33-26-32-23-14-19(16-34-12-10-31-11-13-34)6-9-24(23)35(26)22-7-4-18(17-36)5-8-22/h1-3,6,9,14-15,18,22,31,36H,4-5,7-8,10-13,16-17H2,(H,32,33,37). The first-order valence-electron chi connectivity index (χ1n) is 12.8. The molecule has 3 aromatic rings. The first-order chi connectivity index (χ1) is 17.8. The van der Waals surface area contributed by atoms with E-state index in [1.54, 1.807) is 0 Å². The first-order valence-corrected chi connectivity index (χ1v) is 12.8. The zero-order valence-corrected chi connectivity index (χ0v) is 20.6. The van der Waals surface area contributed by atoms with Gasteiger partial charge in [0, 0.05) is 50.9 Å². The van der Waals surface area contributed by atoms with Crippen LogP contribution in [0.4, 0.5) is 19.1 Å². The van der Waals surface area contributed by atoms with Crippen molar-refractivity contribution in [2.24, 2.45) is 5.92 Å². The molecule has 5 rings (SSSR count). The van der Waals surface area contributed by atoms with Crippen LogP contribution in [0.3, 0.4) is 0 Å². The van der Waals surface area contributed by atoms with Gasteiger partial charge in [0.15, 0.2) is 0 Å². The van der Waals surface area contributed by atoms with Crippen LogP contribution in [0.15, 0.2) is 42.5 Å². The van der Waals surface area contributed by atoms with Crippen molar-refractivity contribution in [3.63, 3.8) is 0 Å². The van der Waals surface area contributed by atoms with E-state index < -0.39 is 17.6 Å². The normalized spacial score (nSPS) is 21.3. The van der Waals surface area contributed by atoms with Crippen LogP contribution in [0.1, 0.15) is 53.2 Å². The van der Waals surface area contributed by atoms with Crippen LogP contribution in [-0.2, 0) is 12.7 Å². The number of carbonyl (C=O) groups is 1. The van der Waals surface area contributed by atoms with E-state index >= 15 is 0 Å². The number of alkyl halides is 3. The number of benzene rings is 2. The van der Waals surface area contributed by atoms with Gasteiger partial charge >= 0.3 is 6.18 Å². The average Bonchev–Trinajstić information content (AvgIpc) is 3.25. The van der Waals surface area contributed by atoms with Gasteiger partial charge in [0.05, 0.1) is 16.6 Å². The van der Waals surface area contributed by atoms with Crippen LogP contribution < -0.4 is 10.6 Å². The number of anilines is 1. The maximum Gasteiger partial charge on any atom is 0.416 e. The number of aliphatic hydroxyl groups excluding tert-OH is 1. The number of imidazole rings is 1. The molecule has 10 heteroatoms. The summed E-state index contributed by atoms with van der Waals surface area (Å²) in [5, 5.41) is 15.7. The molecule has 1 saturated heterocycles. The van der Waals surface area contributed by atoms with Gasteiger partial charge < -0.3 is 15.0 Å². The summed E-state index contributed by atoms with van der Waals surface area (Å²) in [5.74, 6) is -0.0308. The van der Waals surface area contributed by atoms with E-state index in [1.807, 2.05) is 16.7 Å². The predicted molar refractivity (Wildman–Crippen MR) is 135 cm³/mol. The Hall–Kier alpha value is -2.95. The Kier molecular flexibility index (Phi) is 7.50. The lowest BCUT2D eigenvalue weighted by molar-refractivity contribution is -0.137. The zero-order chi connectivity index (χ0) is 26.0. The number of carbonyl (C=O) groups excluding carboxylic acids is 1. The van der Waals surface area contributed by atoms with Gasteiger partial charge in [0.2, 0.25) is 5.95 Å². The summed E-state index contributed by atoms with van der Waals surface area (Å²) >= 11 is 0. The topological polar surface area (TPSA) is 82.4 Å². The Morgan fingerprint density at radius 2 is 1.84 bits per heavy atom. The summed E-state index contributed by atoms with van der Waals surface area (Å²) < 4.78 is 41.6. The van der Waals surface area contributed by atoms with E-state index in [0.29, 0.717) is 5.95 Å². The van der Waals surface area contributed by atoms with Crippen molar-refractivity contribution in [3.05, 3.63) is 59.2 Å². The largest absolute Gasteiger partial charge is 0.416 e. The SMILES string of the molecule is O=C(Nc1nc2cc(CN3CCNCC3)ccc2n1C1CCC(CO)CC1)c1cccc(C(F)(F)F)c1. The van der Waals surface area contributed by atoms with E-state index in [1.165, 1.54) is 12.1 Å². The molecule has 1 aliphatic carbocycles. The second kappa shape index (κ2) is 10.8. The van der Waals surface area contributed by atoms with Crippen LogP contribution in [0.5, 0.6) is 0 Å². The number of piperazine rings is 1. The average molecular weight is 516 g/mol. The molecule has 3 N–H and O–H groups in total. The molecule has 1 aliphatic heterocycles. The number of rotatable bonds is 6. The third kappa shape index (κ3) is 5.81. The summed E-state index contributed by atoms with van der Waals surface area (Å²) in [5.41, 5.74) is 1.82. The van der Waals surface area contributed by atoms with Gasteiger partial charge in [-0.05, 0) is 67.5 Å². The van der Waals surface area contributed by atoms with Gasteiger partial charge in [-0.1, -0.05) is 12.1 Å². The maximum atomic E-state index is 13.2. The number of hydrogen-bond acceptors (Lipinski definition) is 5. The molecule has 2 heterocycles. The highest BCUT2D eigenvalue weighted by molar-refractivity contribution is 6.04. The quantitative estimate of drug-likeness (QED) is 0.452. The molecule has 0 bridgehead atoms. The van der Waals surface area contributed by atoms with Gasteiger partial charge in [-0.2, -0.15) is 13.2 Å². The molecule has 1 saturated carbocycles. The van der Waals surface area contributed by atoms with Crippen molar-refractivity contribution in [2.45, 2.75) is 44.4 Å². The van der Waals surface area contributed by atoms with E-state index in [0.717, 1.165) is 87.1 Å². The van der Waals surface area contributed by atoms with E-state index in [9.17, 15) is 23.1 Å². The maximum absolute atomic E-state index is 13.2. The van der Waals surface area contributed by atoms with Crippen LogP contribution in [-0.4, -0.2) is 58.3 Å². The number of nitrogens with zero attached hydrogens (tertiary/aromatic N) is 3. The summed E-state index contributed by atoms with van der Waals surface area (Å²) in [6.45, 7) is 4.82. The third-order valence-corrected chi connectivity index (χ3v) is 7.49. The smallest absolute Gasteiger partial charge is 0.396 e. The summed E-state index contributed by atoms with van der Waals surface area (Å²) in [6.07, 6.45) is -1.15. The first kappa shape index (κ1) is 25.7. The van der Waals surface area contributed by atoms with Gasteiger partial charge in [0.25, 0.3) is 5.91 Å². The number of aromatic nitrogens is 2. The minimum absolute atomic E-state index is 0.0724. The minimum Gasteiger partial charge on any atom is -0.396 e. The molecule has 0 unspecified atom stereocenters. The second-order valence-electron chi connectivity index (χ2n) is 10.0. The third-order valence-electron chi connectivity index (χ3n) is 7.49. The fourth-order valence-electron chi connectivity index (χ4n) is 5.42. The van der Waals surface area contributed by atoms with Crippen molar-refractivity contribution in [2.75, 3.05) is 38.1 Å². The molecule has 7 nitrogen and oxygen atoms in total. The number of hydrogen-bond donors (Lipinski definition) is 3. The highest BCUT2D eigenvalue weighted by Gasteiger charge is 2.31. The molecule has 0 radical (unpaired) electrons. The summed E-state index contributed by atoms with van der Waals surface area (Å²) in [4.78, 5) is 20.2. The molecule has 1 aromatic heterocycles. The molecule has 1 amide bonds. The molecule has 198 valence electrons. The summed E-state index contributed by atoms with van der Waals surface area (Å²) in [7, 11) is 0. The van der Waals surface area contributed by atoms with Crippen molar-refractivity contribution in [3.8, 4) is 0 Å². The van der Waals surface area contributed by atoms with E-state index in [-0.39, 0.29) is 24.1 Å². The molecular formula is C27H32F3N5O2. The summed E-state index contributed by atoms with van der Waals surface area (Å²) in [6, 6.07) is 10.6. The second-order valence-corrected chi connectivity index (χ2v) is 10.0. The van der Waals surface area contributed by atoms with Crippen molar-refractivity contribution >= 4 is 22.9 Å². The van der Waals surface area contributed by atoms with Crippen molar-refractivity contribution < 1.29 is 23.1 Å². The Bertz CT molecular complexity index is 1240. The van der Waals surface area contributed by atoms with Gasteiger partial charge in [0.1, 0.15) is 0 Å². The molecule has 0 atom stereocenters. The number of fused-ring (bicyclic) bond motifs is 1. The lowest BCUT2D eigenvalue weighted by Gasteiger charge is -2.30. The van der Waals surface area contributed by atoms with Gasteiger partial charge in [-0.25, -0.2) is 4.98 Å². The molecular weight excluding hydrogens is 483 g/mol. The van der Waals surface area contributed by atoms with Crippen LogP contribution in [0.2, 0.25) is 0 Å². The lowest BCUT2D eigenvalue weighted by Crippen LogP contribution is -2.42. The Morgan fingerprint density at radius 3 is 2.54 bits per heavy atom. The highest BCUT2D eigenvalue weighted by Crippen LogP contribution is 2.37. The van der Waals surface area contributed by atoms with Gasteiger partial charge in [-0.15, -0.1) is 0 Å². The molecule has 2 fully saturated rings. The minimum atomic E-state index is -4.53. The monoisotopic (exact) mass is 515 g/mol. The van der Waals surface area contributed by atoms with E-state index in [2.05, 4.69) is 21.6 Å².